The van der Waals surface area contributed by atoms with Crippen molar-refractivity contribution in [2.45, 2.75) is 37.9 Å². The molecule has 3 rings (SSSR count). The fourth-order valence-corrected chi connectivity index (χ4v) is 2.74. The molecule has 24 heavy (non-hydrogen) atoms. The Bertz CT molecular complexity index is 637. The molecule has 1 spiro atoms. The van der Waals surface area contributed by atoms with Gasteiger partial charge in [-0.25, -0.2) is 9.59 Å². The third-order valence-electron chi connectivity index (χ3n) is 4.43. The van der Waals surface area contributed by atoms with Crippen LogP contribution in [-0.4, -0.2) is 31.4 Å². The molecule has 1 aliphatic carbocycles. The summed E-state index contributed by atoms with van der Waals surface area (Å²) in [6, 6.07) is 9.34. The van der Waals surface area contributed by atoms with Crippen molar-refractivity contribution in [3.8, 4) is 0 Å². The number of hydrogen-bond donors (Lipinski definition) is 1. The fraction of sp³-hybridized carbons (Fsp3) is 0.444. The molecule has 1 saturated heterocycles. The topological polar surface area (TPSA) is 73.9 Å². The van der Waals surface area contributed by atoms with Crippen LogP contribution in [-0.2, 0) is 25.6 Å². The lowest BCUT2D eigenvalue weighted by molar-refractivity contribution is -0.136. The molecule has 128 valence electrons. The first kappa shape index (κ1) is 16.5. The number of ether oxygens (including phenoxy) is 3. The first-order valence-electron chi connectivity index (χ1n) is 8.04. The number of rotatable bonds is 4. The molecular formula is C18H21NO5. The Hall–Kier alpha value is -2.34. The Labute approximate surface area is 140 Å². The van der Waals surface area contributed by atoms with E-state index in [2.05, 4.69) is 5.32 Å². The van der Waals surface area contributed by atoms with Crippen LogP contribution in [0.3, 0.4) is 0 Å². The van der Waals surface area contributed by atoms with E-state index in [1.165, 1.54) is 7.11 Å². The van der Waals surface area contributed by atoms with Crippen LogP contribution in [0.5, 0.6) is 0 Å². The van der Waals surface area contributed by atoms with Gasteiger partial charge in [0.1, 0.15) is 12.3 Å². The number of hydrogen-bond acceptors (Lipinski definition) is 5. The van der Waals surface area contributed by atoms with E-state index >= 15 is 0 Å². The van der Waals surface area contributed by atoms with Crippen molar-refractivity contribution in [3.05, 3.63) is 47.2 Å². The normalized spacial score (nSPS) is 20.2. The largest absolute Gasteiger partial charge is 0.464 e. The maximum Gasteiger partial charge on any atom is 0.412 e. The van der Waals surface area contributed by atoms with Gasteiger partial charge in [-0.3, -0.25) is 5.32 Å². The minimum absolute atomic E-state index is 0.0124. The third kappa shape index (κ3) is 3.94. The second-order valence-electron chi connectivity index (χ2n) is 6.13. The number of benzene rings is 1. The smallest absolute Gasteiger partial charge is 0.412 e. The second-order valence-corrected chi connectivity index (χ2v) is 6.13. The number of methoxy groups -OCH3 is 1. The van der Waals surface area contributed by atoms with Gasteiger partial charge in [0.15, 0.2) is 0 Å². The highest BCUT2D eigenvalue weighted by molar-refractivity contribution is 5.93. The number of carbonyl (C=O) groups is 2. The van der Waals surface area contributed by atoms with E-state index in [1.54, 1.807) is 0 Å². The van der Waals surface area contributed by atoms with Gasteiger partial charge in [-0.2, -0.15) is 0 Å². The minimum Gasteiger partial charge on any atom is -0.464 e. The zero-order valence-electron chi connectivity index (χ0n) is 13.7. The van der Waals surface area contributed by atoms with Crippen LogP contribution in [0.4, 0.5) is 4.79 Å². The van der Waals surface area contributed by atoms with Crippen LogP contribution in [0.2, 0.25) is 0 Å². The van der Waals surface area contributed by atoms with Crippen molar-refractivity contribution in [3.63, 3.8) is 0 Å². The maximum atomic E-state index is 12.0. The van der Waals surface area contributed by atoms with Gasteiger partial charge in [0.25, 0.3) is 0 Å². The quantitative estimate of drug-likeness (QED) is 0.678. The predicted molar refractivity (Wildman–Crippen MR) is 86.0 cm³/mol. The van der Waals surface area contributed by atoms with Crippen molar-refractivity contribution >= 4 is 12.1 Å². The van der Waals surface area contributed by atoms with E-state index < -0.39 is 12.1 Å². The van der Waals surface area contributed by atoms with Gasteiger partial charge in [0.05, 0.1) is 19.3 Å². The molecule has 6 nitrogen and oxygen atoms in total. The summed E-state index contributed by atoms with van der Waals surface area (Å²) < 4.78 is 15.8. The molecule has 0 aromatic heterocycles. The van der Waals surface area contributed by atoms with Crippen molar-refractivity contribution in [1.82, 2.24) is 5.32 Å². The Morgan fingerprint density at radius 1 is 1.21 bits per heavy atom. The van der Waals surface area contributed by atoms with Crippen LogP contribution in [0, 0.1) is 0 Å². The van der Waals surface area contributed by atoms with E-state index in [9.17, 15) is 9.59 Å². The van der Waals surface area contributed by atoms with Crippen LogP contribution in [0.1, 0.15) is 31.2 Å². The van der Waals surface area contributed by atoms with Crippen LogP contribution in [0.25, 0.3) is 0 Å². The van der Waals surface area contributed by atoms with Crippen molar-refractivity contribution in [2.24, 2.45) is 0 Å². The minimum atomic E-state index is -0.682. The van der Waals surface area contributed by atoms with Gasteiger partial charge >= 0.3 is 12.1 Å². The summed E-state index contributed by atoms with van der Waals surface area (Å²) in [6.45, 7) is 0.472. The van der Waals surface area contributed by atoms with Gasteiger partial charge in [-0.05, 0) is 36.8 Å². The summed E-state index contributed by atoms with van der Waals surface area (Å²) in [7, 11) is 1.28. The SMILES string of the molecule is COC(=O)C(NC(=O)OCc1ccccc1)=C1CCC2(CC2)OC1. The number of esters is 1. The highest BCUT2D eigenvalue weighted by Gasteiger charge is 2.46. The summed E-state index contributed by atoms with van der Waals surface area (Å²) in [4.78, 5) is 24.0. The fourth-order valence-electron chi connectivity index (χ4n) is 2.74. The molecule has 1 heterocycles. The molecule has 1 amide bonds. The molecule has 1 aromatic rings. The lowest BCUT2D eigenvalue weighted by Gasteiger charge is -2.26. The monoisotopic (exact) mass is 331 g/mol. The van der Waals surface area contributed by atoms with E-state index in [0.717, 1.165) is 30.4 Å². The molecule has 0 unspecified atom stereocenters. The average molecular weight is 331 g/mol. The maximum absolute atomic E-state index is 12.0. The van der Waals surface area contributed by atoms with E-state index in [1.807, 2.05) is 30.3 Å². The Kier molecular flexibility index (Phi) is 4.85. The highest BCUT2D eigenvalue weighted by Crippen LogP contribution is 2.47. The summed E-state index contributed by atoms with van der Waals surface area (Å²) in [5, 5.41) is 2.52. The predicted octanol–water partition coefficient (Wildman–Crippen LogP) is 2.68. The molecule has 0 atom stereocenters. The Balaban J connectivity index is 1.61. The van der Waals surface area contributed by atoms with Crippen LogP contribution in [0.15, 0.2) is 41.6 Å². The summed E-state index contributed by atoms with van der Waals surface area (Å²) in [5.74, 6) is -0.586. The molecule has 1 aliphatic heterocycles. The zero-order chi connectivity index (χ0) is 17.0. The van der Waals surface area contributed by atoms with E-state index in [0.29, 0.717) is 13.0 Å². The molecule has 1 aromatic carbocycles. The molecule has 6 heteroatoms. The number of alkyl carbamates (subject to hydrolysis) is 1. The van der Waals surface area contributed by atoms with Gasteiger partial charge < -0.3 is 14.2 Å². The van der Waals surface area contributed by atoms with E-state index in [4.69, 9.17) is 14.2 Å². The van der Waals surface area contributed by atoms with Gasteiger partial charge in [-0.1, -0.05) is 30.3 Å². The van der Waals surface area contributed by atoms with Crippen LogP contribution >= 0.6 is 0 Å². The third-order valence-corrected chi connectivity index (χ3v) is 4.43. The highest BCUT2D eigenvalue weighted by atomic mass is 16.6. The molecule has 0 bridgehead atoms. The first-order chi connectivity index (χ1) is 11.6. The lowest BCUT2D eigenvalue weighted by Crippen LogP contribution is -2.33. The summed E-state index contributed by atoms with van der Waals surface area (Å²) in [5.41, 5.74) is 1.76. The van der Waals surface area contributed by atoms with E-state index in [-0.39, 0.29) is 17.9 Å². The van der Waals surface area contributed by atoms with Gasteiger partial charge in [0.2, 0.25) is 0 Å². The van der Waals surface area contributed by atoms with Crippen LogP contribution < -0.4 is 5.32 Å². The van der Waals surface area contributed by atoms with Gasteiger partial charge in [-0.15, -0.1) is 0 Å². The van der Waals surface area contributed by atoms with Crippen molar-refractivity contribution < 1.29 is 23.8 Å². The number of amides is 1. The van der Waals surface area contributed by atoms with Crippen molar-refractivity contribution in [1.29, 1.82) is 0 Å². The van der Waals surface area contributed by atoms with Gasteiger partial charge in [0, 0.05) is 0 Å². The van der Waals surface area contributed by atoms with Crippen molar-refractivity contribution in [2.75, 3.05) is 13.7 Å². The molecule has 2 fully saturated rings. The molecule has 1 saturated carbocycles. The molecular weight excluding hydrogens is 310 g/mol. The second kappa shape index (κ2) is 7.05. The standard InChI is InChI=1S/C18H21NO5/c1-22-16(20)15(14-7-8-18(9-10-18)24-12-14)19-17(21)23-11-13-5-3-2-4-6-13/h2-6H,7-12H2,1H3,(H,19,21). The lowest BCUT2D eigenvalue weighted by atomic mass is 10.0. The Morgan fingerprint density at radius 3 is 2.54 bits per heavy atom. The average Bonchev–Trinajstić information content (AvgIpc) is 3.38. The summed E-state index contributed by atoms with van der Waals surface area (Å²) >= 11 is 0. The number of carbonyl (C=O) groups excluding carboxylic acids is 2. The molecule has 0 radical (unpaired) electrons. The zero-order valence-corrected chi connectivity index (χ0v) is 13.7. The molecule has 1 N–H and O–H groups in total. The first-order valence-corrected chi connectivity index (χ1v) is 8.04. The molecule has 2 aliphatic rings. The summed E-state index contributed by atoms with van der Waals surface area (Å²) in [6.07, 6.45) is 3.03. The number of nitrogens with one attached hydrogen (secondary N) is 1. The Morgan fingerprint density at radius 2 is 1.96 bits per heavy atom.